The number of hydrogen-bond donors (Lipinski definition) is 0. The maximum Gasteiger partial charge on any atom is 0.344 e. The quantitative estimate of drug-likeness (QED) is 0.620. The summed E-state index contributed by atoms with van der Waals surface area (Å²) in [5, 5.41) is 8.77. The molecule has 0 radical (unpaired) electrons. The Morgan fingerprint density at radius 2 is 1.75 bits per heavy atom. The standard InChI is InChI=1S/C21H21FN2O4/c1-2-16-4-10-19(11-5-16)27-15-21(26)28-14-20(25)24(13-3-12-23)18-8-6-17(22)7-9-18/h4-11H,2-3,13-15H2,1H3. The third kappa shape index (κ3) is 6.40. The second-order valence-electron chi connectivity index (χ2n) is 5.88. The molecule has 0 aromatic heterocycles. The van der Waals surface area contributed by atoms with Crippen LogP contribution in [-0.2, 0) is 20.7 Å². The summed E-state index contributed by atoms with van der Waals surface area (Å²) in [6.45, 7) is 1.32. The van der Waals surface area contributed by atoms with Gasteiger partial charge in [-0.25, -0.2) is 9.18 Å². The lowest BCUT2D eigenvalue weighted by molar-refractivity contribution is -0.149. The van der Waals surface area contributed by atoms with Crippen LogP contribution in [0.3, 0.4) is 0 Å². The molecular formula is C21H21FN2O4. The predicted octanol–water partition coefficient (Wildman–Crippen LogP) is 3.26. The Kier molecular flexibility index (Phi) is 7.97. The Labute approximate surface area is 163 Å². The number of rotatable bonds is 9. The molecule has 6 nitrogen and oxygen atoms in total. The predicted molar refractivity (Wildman–Crippen MR) is 101 cm³/mol. The van der Waals surface area contributed by atoms with E-state index in [1.807, 2.05) is 25.1 Å². The van der Waals surface area contributed by atoms with Gasteiger partial charge in [-0.15, -0.1) is 0 Å². The largest absolute Gasteiger partial charge is 0.482 e. The lowest BCUT2D eigenvalue weighted by Crippen LogP contribution is -2.36. The van der Waals surface area contributed by atoms with E-state index in [0.717, 1.165) is 12.0 Å². The van der Waals surface area contributed by atoms with E-state index in [9.17, 15) is 14.0 Å². The van der Waals surface area contributed by atoms with Crippen molar-refractivity contribution in [3.63, 3.8) is 0 Å². The van der Waals surface area contributed by atoms with Crippen LogP contribution in [0.25, 0.3) is 0 Å². The highest BCUT2D eigenvalue weighted by molar-refractivity contribution is 5.95. The topological polar surface area (TPSA) is 79.6 Å². The van der Waals surface area contributed by atoms with Gasteiger partial charge in [0.15, 0.2) is 13.2 Å². The van der Waals surface area contributed by atoms with Crippen LogP contribution in [0.15, 0.2) is 48.5 Å². The summed E-state index contributed by atoms with van der Waals surface area (Å²) >= 11 is 0. The molecule has 0 bridgehead atoms. The second kappa shape index (κ2) is 10.7. The molecule has 2 aromatic rings. The molecule has 0 heterocycles. The highest BCUT2D eigenvalue weighted by Gasteiger charge is 2.18. The Morgan fingerprint density at radius 3 is 2.36 bits per heavy atom. The van der Waals surface area contributed by atoms with Crippen LogP contribution < -0.4 is 9.64 Å². The third-order valence-corrected chi connectivity index (χ3v) is 3.93. The molecule has 2 aromatic carbocycles. The smallest absolute Gasteiger partial charge is 0.344 e. The number of hydrogen-bond acceptors (Lipinski definition) is 5. The van der Waals surface area contributed by atoms with E-state index in [-0.39, 0.29) is 19.6 Å². The van der Waals surface area contributed by atoms with Crippen molar-refractivity contribution in [2.24, 2.45) is 0 Å². The van der Waals surface area contributed by atoms with E-state index < -0.39 is 24.3 Å². The van der Waals surface area contributed by atoms with Gasteiger partial charge in [0.2, 0.25) is 0 Å². The van der Waals surface area contributed by atoms with Gasteiger partial charge >= 0.3 is 5.97 Å². The number of aryl methyl sites for hydroxylation is 1. The monoisotopic (exact) mass is 384 g/mol. The summed E-state index contributed by atoms with van der Waals surface area (Å²) in [5.74, 6) is -1.11. The van der Waals surface area contributed by atoms with Crippen LogP contribution in [0.4, 0.5) is 10.1 Å². The molecule has 0 aliphatic carbocycles. The first-order valence-corrected chi connectivity index (χ1v) is 8.83. The number of halogens is 1. The Bertz CT molecular complexity index is 829. The summed E-state index contributed by atoms with van der Waals surface area (Å²) in [4.78, 5) is 25.5. The van der Waals surface area contributed by atoms with Gasteiger partial charge in [0.25, 0.3) is 5.91 Å². The first-order valence-electron chi connectivity index (χ1n) is 8.83. The van der Waals surface area contributed by atoms with Crippen molar-refractivity contribution in [1.29, 1.82) is 5.26 Å². The lowest BCUT2D eigenvalue weighted by Gasteiger charge is -2.21. The Morgan fingerprint density at radius 1 is 1.07 bits per heavy atom. The van der Waals surface area contributed by atoms with Crippen molar-refractivity contribution in [3.05, 3.63) is 59.9 Å². The first-order chi connectivity index (χ1) is 13.5. The number of carbonyl (C=O) groups excluding carboxylic acids is 2. The number of carbonyl (C=O) groups is 2. The van der Waals surface area contributed by atoms with Gasteiger partial charge in [-0.05, 0) is 48.4 Å². The molecule has 2 rings (SSSR count). The molecule has 28 heavy (non-hydrogen) atoms. The van der Waals surface area contributed by atoms with Gasteiger partial charge < -0.3 is 14.4 Å². The molecule has 0 unspecified atom stereocenters. The van der Waals surface area contributed by atoms with Crippen LogP contribution in [0.2, 0.25) is 0 Å². The molecule has 0 N–H and O–H groups in total. The molecule has 146 valence electrons. The Hall–Kier alpha value is -3.40. The second-order valence-corrected chi connectivity index (χ2v) is 5.88. The highest BCUT2D eigenvalue weighted by atomic mass is 19.1. The van der Waals surface area contributed by atoms with Gasteiger partial charge in [-0.3, -0.25) is 4.79 Å². The fourth-order valence-corrected chi connectivity index (χ4v) is 2.41. The molecule has 0 saturated carbocycles. The maximum atomic E-state index is 13.1. The number of anilines is 1. The van der Waals surface area contributed by atoms with E-state index >= 15 is 0 Å². The first kappa shape index (κ1) is 20.9. The molecule has 7 heteroatoms. The van der Waals surface area contributed by atoms with Crippen molar-refractivity contribution < 1.29 is 23.5 Å². The molecular weight excluding hydrogens is 363 g/mol. The summed E-state index contributed by atoms with van der Waals surface area (Å²) in [6.07, 6.45) is 0.995. The fraction of sp³-hybridized carbons (Fsp3) is 0.286. The molecule has 0 atom stereocenters. The van der Waals surface area contributed by atoms with E-state index in [2.05, 4.69) is 0 Å². The minimum atomic E-state index is -0.688. The third-order valence-electron chi connectivity index (χ3n) is 3.93. The summed E-state index contributed by atoms with van der Waals surface area (Å²) in [5.41, 5.74) is 1.57. The van der Waals surface area contributed by atoms with E-state index in [1.54, 1.807) is 12.1 Å². The molecule has 0 spiro atoms. The number of benzene rings is 2. The zero-order valence-electron chi connectivity index (χ0n) is 15.6. The maximum absolute atomic E-state index is 13.1. The van der Waals surface area contributed by atoms with Gasteiger partial charge in [0.1, 0.15) is 11.6 Å². The van der Waals surface area contributed by atoms with Gasteiger partial charge in [0.05, 0.1) is 12.5 Å². The van der Waals surface area contributed by atoms with E-state index in [1.165, 1.54) is 29.2 Å². The summed E-state index contributed by atoms with van der Waals surface area (Å²) in [6, 6.07) is 14.6. The number of nitrogens with zero attached hydrogens (tertiary/aromatic N) is 2. The van der Waals surface area contributed by atoms with Crippen molar-refractivity contribution in [3.8, 4) is 11.8 Å². The van der Waals surface area contributed by atoms with E-state index in [0.29, 0.717) is 11.4 Å². The normalized spacial score (nSPS) is 10.0. The zero-order valence-corrected chi connectivity index (χ0v) is 15.6. The summed E-state index contributed by atoms with van der Waals surface area (Å²) in [7, 11) is 0. The number of ether oxygens (including phenoxy) is 2. The Balaban J connectivity index is 1.87. The van der Waals surface area contributed by atoms with Crippen LogP contribution >= 0.6 is 0 Å². The zero-order chi connectivity index (χ0) is 20.4. The van der Waals surface area contributed by atoms with Crippen molar-refractivity contribution in [2.45, 2.75) is 19.8 Å². The molecule has 0 fully saturated rings. The average Bonchev–Trinajstić information content (AvgIpc) is 2.72. The molecule has 0 saturated heterocycles. The van der Waals surface area contributed by atoms with Gasteiger partial charge in [0, 0.05) is 12.2 Å². The minimum absolute atomic E-state index is 0.0912. The highest BCUT2D eigenvalue weighted by Crippen LogP contribution is 2.16. The average molecular weight is 384 g/mol. The van der Waals surface area contributed by atoms with Crippen molar-refractivity contribution in [2.75, 3.05) is 24.7 Å². The van der Waals surface area contributed by atoms with Crippen LogP contribution in [-0.4, -0.2) is 31.6 Å². The number of nitriles is 1. The van der Waals surface area contributed by atoms with Crippen LogP contribution in [0.5, 0.6) is 5.75 Å². The minimum Gasteiger partial charge on any atom is -0.482 e. The molecule has 0 aliphatic heterocycles. The van der Waals surface area contributed by atoms with Crippen LogP contribution in [0.1, 0.15) is 18.9 Å². The number of esters is 1. The van der Waals surface area contributed by atoms with Gasteiger partial charge in [-0.2, -0.15) is 5.26 Å². The molecule has 1 amide bonds. The summed E-state index contributed by atoms with van der Waals surface area (Å²) < 4.78 is 23.4. The molecule has 0 aliphatic rings. The van der Waals surface area contributed by atoms with Gasteiger partial charge in [-0.1, -0.05) is 19.1 Å². The van der Waals surface area contributed by atoms with Crippen molar-refractivity contribution >= 4 is 17.6 Å². The van der Waals surface area contributed by atoms with E-state index in [4.69, 9.17) is 14.7 Å². The lowest BCUT2D eigenvalue weighted by atomic mass is 10.2. The SMILES string of the molecule is CCc1ccc(OCC(=O)OCC(=O)N(CCC#N)c2ccc(F)cc2)cc1. The number of amides is 1. The van der Waals surface area contributed by atoms with Crippen LogP contribution in [0, 0.1) is 17.1 Å². The fourth-order valence-electron chi connectivity index (χ4n) is 2.41. The van der Waals surface area contributed by atoms with Crippen molar-refractivity contribution in [1.82, 2.24) is 0 Å².